The molecule has 2 aromatic rings. The van der Waals surface area contributed by atoms with Gasteiger partial charge >= 0.3 is 0 Å². The molecule has 0 bridgehead atoms. The minimum Gasteiger partial charge on any atom is -0.493 e. The zero-order valence-corrected chi connectivity index (χ0v) is 14.8. The Morgan fingerprint density at radius 1 is 1.04 bits per heavy atom. The van der Waals surface area contributed by atoms with Crippen LogP contribution in [0.1, 0.15) is 30.5 Å². The Balaban J connectivity index is 2.10. The Hall–Kier alpha value is -2.16. The van der Waals surface area contributed by atoms with Crippen molar-refractivity contribution in [2.45, 2.75) is 34.2 Å². The molecular weight excluding hydrogens is 286 g/mol. The van der Waals surface area contributed by atoms with Crippen LogP contribution < -0.4 is 14.8 Å². The largest absolute Gasteiger partial charge is 0.493 e. The van der Waals surface area contributed by atoms with Gasteiger partial charge < -0.3 is 14.8 Å². The molecule has 0 amide bonds. The average Bonchev–Trinajstić information content (AvgIpc) is 2.54. The summed E-state index contributed by atoms with van der Waals surface area (Å²) in [7, 11) is 1.67. The Morgan fingerprint density at radius 3 is 2.52 bits per heavy atom. The van der Waals surface area contributed by atoms with Gasteiger partial charge in [0.15, 0.2) is 11.5 Å². The normalized spacial score (nSPS) is 10.7. The summed E-state index contributed by atoms with van der Waals surface area (Å²) in [4.78, 5) is 0. The number of anilines is 1. The second kappa shape index (κ2) is 7.91. The fourth-order valence-electron chi connectivity index (χ4n) is 2.34. The van der Waals surface area contributed by atoms with E-state index in [1.165, 1.54) is 22.4 Å². The van der Waals surface area contributed by atoms with Crippen molar-refractivity contribution in [3.63, 3.8) is 0 Å². The van der Waals surface area contributed by atoms with Crippen molar-refractivity contribution >= 4 is 5.69 Å². The van der Waals surface area contributed by atoms with E-state index in [1.807, 2.05) is 6.07 Å². The number of hydrogen-bond acceptors (Lipinski definition) is 3. The first kappa shape index (κ1) is 17.2. The third-order valence-corrected chi connectivity index (χ3v) is 3.89. The molecule has 2 rings (SSSR count). The Morgan fingerprint density at radius 2 is 1.83 bits per heavy atom. The van der Waals surface area contributed by atoms with Gasteiger partial charge in [0.2, 0.25) is 0 Å². The van der Waals surface area contributed by atoms with Crippen LogP contribution in [-0.4, -0.2) is 13.7 Å². The maximum Gasteiger partial charge on any atom is 0.161 e. The fourth-order valence-corrected chi connectivity index (χ4v) is 2.34. The molecule has 0 aliphatic carbocycles. The summed E-state index contributed by atoms with van der Waals surface area (Å²) in [6.07, 6.45) is 0. The van der Waals surface area contributed by atoms with E-state index >= 15 is 0 Å². The molecule has 3 nitrogen and oxygen atoms in total. The van der Waals surface area contributed by atoms with Crippen molar-refractivity contribution < 1.29 is 9.47 Å². The van der Waals surface area contributed by atoms with Crippen LogP contribution in [0.5, 0.6) is 11.5 Å². The maximum atomic E-state index is 5.87. The van der Waals surface area contributed by atoms with Gasteiger partial charge in [-0.1, -0.05) is 32.0 Å². The molecule has 0 aromatic heterocycles. The molecular formula is C20H27NO2. The average molecular weight is 313 g/mol. The minimum absolute atomic E-state index is 0.483. The highest BCUT2D eigenvalue weighted by atomic mass is 16.5. The monoisotopic (exact) mass is 313 g/mol. The van der Waals surface area contributed by atoms with Crippen LogP contribution in [0.3, 0.4) is 0 Å². The second-order valence-corrected chi connectivity index (χ2v) is 6.29. The highest BCUT2D eigenvalue weighted by Gasteiger charge is 2.08. The second-order valence-electron chi connectivity index (χ2n) is 6.29. The summed E-state index contributed by atoms with van der Waals surface area (Å²) in [6.45, 7) is 9.99. The van der Waals surface area contributed by atoms with Gasteiger partial charge in [0.25, 0.3) is 0 Å². The van der Waals surface area contributed by atoms with Crippen molar-refractivity contribution in [3.05, 3.63) is 53.1 Å². The minimum atomic E-state index is 0.483. The highest BCUT2D eigenvalue weighted by molar-refractivity contribution is 5.54. The van der Waals surface area contributed by atoms with Crippen LogP contribution in [0.25, 0.3) is 0 Å². The zero-order chi connectivity index (χ0) is 16.8. The third-order valence-electron chi connectivity index (χ3n) is 3.89. The quantitative estimate of drug-likeness (QED) is 0.783. The van der Waals surface area contributed by atoms with Crippen LogP contribution in [-0.2, 0) is 6.54 Å². The summed E-state index contributed by atoms with van der Waals surface area (Å²) in [5, 5.41) is 3.50. The molecule has 0 saturated carbocycles. The first-order chi connectivity index (χ1) is 11.0. The van der Waals surface area contributed by atoms with Crippen LogP contribution >= 0.6 is 0 Å². The van der Waals surface area contributed by atoms with Gasteiger partial charge in [-0.15, -0.1) is 0 Å². The molecule has 0 saturated heterocycles. The Labute approximate surface area is 139 Å². The van der Waals surface area contributed by atoms with Gasteiger partial charge in [0.05, 0.1) is 13.7 Å². The lowest BCUT2D eigenvalue weighted by atomic mass is 10.1. The zero-order valence-electron chi connectivity index (χ0n) is 14.8. The van der Waals surface area contributed by atoms with Gasteiger partial charge in [0, 0.05) is 12.2 Å². The molecule has 2 aromatic carbocycles. The number of aryl methyl sites for hydroxylation is 1. The standard InChI is InChI=1S/C20H27NO2/c1-14(2)13-23-20-11-17(9-10-19(20)22-5)12-21-18-8-6-7-15(3)16(18)4/h6-11,14,21H,12-13H2,1-5H3. The molecule has 0 unspecified atom stereocenters. The number of rotatable bonds is 7. The first-order valence-corrected chi connectivity index (χ1v) is 8.11. The summed E-state index contributed by atoms with van der Waals surface area (Å²) < 4.78 is 11.3. The van der Waals surface area contributed by atoms with Crippen LogP contribution in [0.4, 0.5) is 5.69 Å². The predicted octanol–water partition coefficient (Wildman–Crippen LogP) is 4.96. The van der Waals surface area contributed by atoms with Crippen molar-refractivity contribution in [1.29, 1.82) is 0 Å². The van der Waals surface area contributed by atoms with Gasteiger partial charge in [-0.3, -0.25) is 0 Å². The number of benzene rings is 2. The fraction of sp³-hybridized carbons (Fsp3) is 0.400. The van der Waals surface area contributed by atoms with Crippen molar-refractivity contribution in [2.24, 2.45) is 5.92 Å². The van der Waals surface area contributed by atoms with E-state index < -0.39 is 0 Å². The van der Waals surface area contributed by atoms with Gasteiger partial charge in [0.1, 0.15) is 0 Å². The smallest absolute Gasteiger partial charge is 0.161 e. The molecule has 124 valence electrons. The van der Waals surface area contributed by atoms with E-state index in [9.17, 15) is 0 Å². The molecule has 0 aliphatic rings. The van der Waals surface area contributed by atoms with Crippen molar-refractivity contribution in [2.75, 3.05) is 19.0 Å². The predicted molar refractivity (Wildman–Crippen MR) is 96.6 cm³/mol. The van der Waals surface area contributed by atoms with E-state index in [0.717, 1.165) is 18.0 Å². The van der Waals surface area contributed by atoms with Crippen LogP contribution in [0.2, 0.25) is 0 Å². The van der Waals surface area contributed by atoms with E-state index in [2.05, 4.69) is 63.3 Å². The van der Waals surface area contributed by atoms with Gasteiger partial charge in [-0.25, -0.2) is 0 Å². The molecule has 1 N–H and O–H groups in total. The van der Waals surface area contributed by atoms with E-state index in [4.69, 9.17) is 9.47 Å². The summed E-state index contributed by atoms with van der Waals surface area (Å²) in [5.41, 5.74) is 4.93. The molecule has 0 radical (unpaired) electrons. The molecule has 0 heterocycles. The molecule has 0 atom stereocenters. The highest BCUT2D eigenvalue weighted by Crippen LogP contribution is 2.29. The number of hydrogen-bond donors (Lipinski definition) is 1. The molecule has 0 aliphatic heterocycles. The van der Waals surface area contributed by atoms with E-state index in [0.29, 0.717) is 12.5 Å². The lowest BCUT2D eigenvalue weighted by Crippen LogP contribution is -2.07. The SMILES string of the molecule is COc1ccc(CNc2cccc(C)c2C)cc1OCC(C)C. The van der Waals surface area contributed by atoms with E-state index in [1.54, 1.807) is 7.11 Å². The van der Waals surface area contributed by atoms with E-state index in [-0.39, 0.29) is 0 Å². The number of ether oxygens (including phenoxy) is 2. The topological polar surface area (TPSA) is 30.5 Å². The summed E-state index contributed by atoms with van der Waals surface area (Å²) in [6, 6.07) is 12.4. The van der Waals surface area contributed by atoms with Crippen molar-refractivity contribution in [3.8, 4) is 11.5 Å². The number of methoxy groups -OCH3 is 1. The van der Waals surface area contributed by atoms with Gasteiger partial charge in [-0.05, 0) is 54.7 Å². The lowest BCUT2D eigenvalue weighted by molar-refractivity contribution is 0.256. The van der Waals surface area contributed by atoms with Crippen molar-refractivity contribution in [1.82, 2.24) is 0 Å². The van der Waals surface area contributed by atoms with Gasteiger partial charge in [-0.2, -0.15) is 0 Å². The van der Waals surface area contributed by atoms with Crippen LogP contribution in [0.15, 0.2) is 36.4 Å². The molecule has 3 heteroatoms. The summed E-state index contributed by atoms with van der Waals surface area (Å²) >= 11 is 0. The first-order valence-electron chi connectivity index (χ1n) is 8.11. The Kier molecular flexibility index (Phi) is 5.91. The molecule has 0 fully saturated rings. The summed E-state index contributed by atoms with van der Waals surface area (Å²) in [5.74, 6) is 2.07. The van der Waals surface area contributed by atoms with Crippen LogP contribution in [0, 0.1) is 19.8 Å². The lowest BCUT2D eigenvalue weighted by Gasteiger charge is -2.15. The molecule has 23 heavy (non-hydrogen) atoms. The number of nitrogens with one attached hydrogen (secondary N) is 1. The molecule has 0 spiro atoms. The maximum absolute atomic E-state index is 5.87. The Bertz CT molecular complexity index is 650. The third kappa shape index (κ3) is 4.65.